The number of esters is 1. The molecule has 0 spiro atoms. The number of hydrogen-bond donors (Lipinski definition) is 0. The van der Waals surface area contributed by atoms with Crippen molar-refractivity contribution in [3.8, 4) is 11.5 Å². The van der Waals surface area contributed by atoms with E-state index in [-0.39, 0.29) is 23.0 Å². The SMILES string of the molecule is CCOC(=O)CN1C(=O)S/C(=C\c2ccc(OS(=O)(=O)c3ccccc3[N+](=O)[O-])c(OC)c2)C1=O. The Labute approximate surface area is 203 Å². The van der Waals surface area contributed by atoms with Crippen molar-refractivity contribution in [3.05, 3.63) is 63.0 Å². The summed E-state index contributed by atoms with van der Waals surface area (Å²) in [5, 5.41) is 10.5. The van der Waals surface area contributed by atoms with Crippen molar-refractivity contribution in [1.82, 2.24) is 4.90 Å². The van der Waals surface area contributed by atoms with E-state index in [9.17, 15) is 32.9 Å². The second-order valence-electron chi connectivity index (χ2n) is 6.75. The fourth-order valence-corrected chi connectivity index (χ4v) is 4.89. The van der Waals surface area contributed by atoms with E-state index in [0.717, 1.165) is 17.0 Å². The minimum Gasteiger partial charge on any atom is -0.493 e. The number of ether oxygens (including phenoxy) is 2. The Morgan fingerprint density at radius 1 is 1.17 bits per heavy atom. The number of carbonyl (C=O) groups is 3. The van der Waals surface area contributed by atoms with E-state index in [4.69, 9.17) is 13.7 Å². The summed E-state index contributed by atoms with van der Waals surface area (Å²) < 4.78 is 40.4. The predicted molar refractivity (Wildman–Crippen MR) is 123 cm³/mol. The molecule has 1 fully saturated rings. The van der Waals surface area contributed by atoms with Crippen LogP contribution in [0.1, 0.15) is 12.5 Å². The molecule has 1 aliphatic heterocycles. The highest BCUT2D eigenvalue weighted by atomic mass is 32.2. The summed E-state index contributed by atoms with van der Waals surface area (Å²) in [4.78, 5) is 46.8. The molecule has 0 N–H and O–H groups in total. The van der Waals surface area contributed by atoms with Gasteiger partial charge in [-0.25, -0.2) is 0 Å². The second-order valence-corrected chi connectivity index (χ2v) is 9.25. The highest BCUT2D eigenvalue weighted by Crippen LogP contribution is 2.36. The van der Waals surface area contributed by atoms with Crippen LogP contribution in [0.25, 0.3) is 6.08 Å². The minimum absolute atomic E-state index is 0.0301. The van der Waals surface area contributed by atoms with Gasteiger partial charge in [0.05, 0.1) is 23.5 Å². The number of carbonyl (C=O) groups excluding carboxylic acids is 3. The number of imide groups is 1. The number of hydrogen-bond acceptors (Lipinski definition) is 11. The fraction of sp³-hybridized carbons (Fsp3) is 0.190. The van der Waals surface area contributed by atoms with Gasteiger partial charge in [0.25, 0.3) is 16.8 Å². The van der Waals surface area contributed by atoms with E-state index < -0.39 is 49.3 Å². The first-order valence-electron chi connectivity index (χ1n) is 9.84. The van der Waals surface area contributed by atoms with Gasteiger partial charge in [-0.05, 0) is 48.5 Å². The molecule has 14 heteroatoms. The summed E-state index contributed by atoms with van der Waals surface area (Å²) in [5.74, 6) is -1.71. The maximum Gasteiger partial charge on any atom is 0.346 e. The van der Waals surface area contributed by atoms with E-state index in [1.54, 1.807) is 6.92 Å². The molecule has 0 saturated carbocycles. The number of thioether (sulfide) groups is 1. The topological polar surface area (TPSA) is 159 Å². The number of amides is 2. The molecule has 1 saturated heterocycles. The van der Waals surface area contributed by atoms with E-state index >= 15 is 0 Å². The summed E-state index contributed by atoms with van der Waals surface area (Å²) in [7, 11) is -3.34. The van der Waals surface area contributed by atoms with Crippen LogP contribution in [-0.2, 0) is 24.4 Å². The average Bonchev–Trinajstić information content (AvgIpc) is 3.07. The summed E-state index contributed by atoms with van der Waals surface area (Å²) in [6.45, 7) is 1.18. The van der Waals surface area contributed by atoms with Gasteiger partial charge in [-0.1, -0.05) is 18.2 Å². The summed E-state index contributed by atoms with van der Waals surface area (Å²) in [6, 6.07) is 8.70. The van der Waals surface area contributed by atoms with Crippen molar-refractivity contribution < 1.29 is 41.4 Å². The first-order valence-corrected chi connectivity index (χ1v) is 12.1. The van der Waals surface area contributed by atoms with Crippen LogP contribution in [0.15, 0.2) is 52.3 Å². The molecule has 0 bridgehead atoms. The molecule has 184 valence electrons. The van der Waals surface area contributed by atoms with Gasteiger partial charge in [0.2, 0.25) is 0 Å². The van der Waals surface area contributed by atoms with Gasteiger partial charge in [0.15, 0.2) is 16.4 Å². The number of para-hydroxylation sites is 1. The van der Waals surface area contributed by atoms with E-state index in [2.05, 4.69) is 0 Å². The van der Waals surface area contributed by atoms with Crippen molar-refractivity contribution in [2.45, 2.75) is 11.8 Å². The smallest absolute Gasteiger partial charge is 0.346 e. The zero-order chi connectivity index (χ0) is 25.8. The largest absolute Gasteiger partial charge is 0.493 e. The lowest BCUT2D eigenvalue weighted by Crippen LogP contribution is -2.34. The Hall–Kier alpha value is -3.91. The summed E-state index contributed by atoms with van der Waals surface area (Å²) in [5.41, 5.74) is -0.291. The molecule has 1 heterocycles. The Kier molecular flexibility index (Phi) is 7.76. The average molecular weight is 523 g/mol. The predicted octanol–water partition coefficient (Wildman–Crippen LogP) is 2.97. The number of rotatable bonds is 9. The van der Waals surface area contributed by atoms with E-state index in [0.29, 0.717) is 17.3 Å². The van der Waals surface area contributed by atoms with Gasteiger partial charge in [0.1, 0.15) is 6.54 Å². The lowest BCUT2D eigenvalue weighted by atomic mass is 10.2. The normalized spacial score (nSPS) is 14.8. The third-order valence-electron chi connectivity index (χ3n) is 4.48. The van der Waals surface area contributed by atoms with Crippen molar-refractivity contribution in [3.63, 3.8) is 0 Å². The first kappa shape index (κ1) is 25.7. The zero-order valence-corrected chi connectivity index (χ0v) is 20.0. The maximum atomic E-state index is 12.7. The van der Waals surface area contributed by atoms with Gasteiger partial charge in [0, 0.05) is 6.07 Å². The molecule has 0 aliphatic carbocycles. The molecule has 2 aromatic rings. The monoisotopic (exact) mass is 522 g/mol. The van der Waals surface area contributed by atoms with Crippen molar-refractivity contribution in [2.24, 2.45) is 0 Å². The molecule has 0 radical (unpaired) electrons. The van der Waals surface area contributed by atoms with Crippen molar-refractivity contribution in [1.29, 1.82) is 0 Å². The number of nitrogens with zero attached hydrogens (tertiary/aromatic N) is 2. The van der Waals surface area contributed by atoms with E-state index in [1.807, 2.05) is 0 Å². The van der Waals surface area contributed by atoms with Gasteiger partial charge in [-0.3, -0.25) is 29.4 Å². The van der Waals surface area contributed by atoms with Crippen LogP contribution in [0.5, 0.6) is 11.5 Å². The Bertz CT molecular complexity index is 1340. The van der Waals surface area contributed by atoms with Crippen LogP contribution in [0.4, 0.5) is 10.5 Å². The van der Waals surface area contributed by atoms with Gasteiger partial charge in [-0.15, -0.1) is 0 Å². The van der Waals surface area contributed by atoms with Crippen LogP contribution < -0.4 is 8.92 Å². The lowest BCUT2D eigenvalue weighted by Gasteiger charge is -2.12. The van der Waals surface area contributed by atoms with Crippen LogP contribution in [0, 0.1) is 10.1 Å². The molecule has 2 aromatic carbocycles. The molecule has 12 nitrogen and oxygen atoms in total. The van der Waals surface area contributed by atoms with Crippen LogP contribution >= 0.6 is 11.8 Å². The zero-order valence-electron chi connectivity index (χ0n) is 18.3. The van der Waals surface area contributed by atoms with Crippen molar-refractivity contribution >= 4 is 50.8 Å². The van der Waals surface area contributed by atoms with Gasteiger partial charge < -0.3 is 13.7 Å². The molecule has 1 aliphatic rings. The Balaban J connectivity index is 1.86. The summed E-state index contributed by atoms with van der Waals surface area (Å²) in [6.07, 6.45) is 1.36. The summed E-state index contributed by atoms with van der Waals surface area (Å²) >= 11 is 0.625. The molecule has 35 heavy (non-hydrogen) atoms. The molecule has 0 aromatic heterocycles. The van der Waals surface area contributed by atoms with Crippen LogP contribution in [-0.4, -0.2) is 55.6 Å². The lowest BCUT2D eigenvalue weighted by molar-refractivity contribution is -0.387. The molecular formula is C21H18N2O10S2. The number of nitro groups is 1. The molecule has 0 atom stereocenters. The number of benzene rings is 2. The molecule has 2 amide bonds. The van der Waals surface area contributed by atoms with E-state index in [1.165, 1.54) is 43.5 Å². The quantitative estimate of drug-likeness (QED) is 0.157. The van der Waals surface area contributed by atoms with Crippen LogP contribution in [0.2, 0.25) is 0 Å². The minimum atomic E-state index is -4.59. The second kappa shape index (κ2) is 10.6. The highest BCUT2D eigenvalue weighted by Gasteiger charge is 2.36. The molecule has 3 rings (SSSR count). The van der Waals surface area contributed by atoms with Gasteiger partial charge in [-0.2, -0.15) is 8.42 Å². The standard InChI is InChI=1S/C21H18N2O10S2/c1-3-32-19(24)12-22-20(25)17(34-21(22)26)11-13-8-9-15(16(10-13)31-2)33-35(29,30)18-7-5-4-6-14(18)23(27)28/h4-11H,3,12H2,1-2H3/b17-11-. The van der Waals surface area contributed by atoms with Gasteiger partial charge >= 0.3 is 16.1 Å². The number of methoxy groups -OCH3 is 1. The molecule has 0 unspecified atom stereocenters. The van der Waals surface area contributed by atoms with Crippen molar-refractivity contribution in [2.75, 3.05) is 20.3 Å². The third-order valence-corrected chi connectivity index (χ3v) is 6.67. The van der Waals surface area contributed by atoms with Crippen LogP contribution in [0.3, 0.4) is 0 Å². The fourth-order valence-electron chi connectivity index (χ4n) is 2.95. The Morgan fingerprint density at radius 3 is 2.54 bits per heavy atom. The maximum absolute atomic E-state index is 12.7. The number of nitro benzene ring substituents is 1. The third kappa shape index (κ3) is 5.78. The Morgan fingerprint density at radius 2 is 1.89 bits per heavy atom. The molecular weight excluding hydrogens is 504 g/mol. The highest BCUT2D eigenvalue weighted by molar-refractivity contribution is 8.18. The first-order chi connectivity index (χ1) is 16.6.